The summed E-state index contributed by atoms with van der Waals surface area (Å²) in [7, 11) is 0. The van der Waals surface area contributed by atoms with E-state index in [0.717, 1.165) is 32.4 Å². The highest BCUT2D eigenvalue weighted by Gasteiger charge is 2.38. The fourth-order valence-corrected chi connectivity index (χ4v) is 3.86. The number of amides is 1. The van der Waals surface area contributed by atoms with Gasteiger partial charge in [-0.05, 0) is 44.0 Å². The van der Waals surface area contributed by atoms with Crippen LogP contribution in [0.25, 0.3) is 10.9 Å². The van der Waals surface area contributed by atoms with E-state index in [-0.39, 0.29) is 36.0 Å². The third kappa shape index (κ3) is 2.80. The van der Waals surface area contributed by atoms with E-state index in [2.05, 4.69) is 10.3 Å². The zero-order valence-electron chi connectivity index (χ0n) is 13.0. The van der Waals surface area contributed by atoms with Crippen LogP contribution in [0.1, 0.15) is 29.6 Å². The first kappa shape index (κ1) is 16.9. The van der Waals surface area contributed by atoms with Gasteiger partial charge in [-0.2, -0.15) is 0 Å². The Balaban J connectivity index is 0.00000169. The molecular weight excluding hydrogens is 333 g/mol. The summed E-state index contributed by atoms with van der Waals surface area (Å²) in [4.78, 5) is 29.5. The Morgan fingerprint density at radius 3 is 2.79 bits per heavy atom. The summed E-state index contributed by atoms with van der Waals surface area (Å²) in [6.07, 6.45) is 2.92. The maximum absolute atomic E-state index is 13.4. The van der Waals surface area contributed by atoms with Gasteiger partial charge in [-0.25, -0.2) is 4.39 Å². The summed E-state index contributed by atoms with van der Waals surface area (Å²) in [6, 6.07) is 5.86. The number of pyridine rings is 1. The highest BCUT2D eigenvalue weighted by Crippen LogP contribution is 2.30. The van der Waals surface area contributed by atoms with Crippen molar-refractivity contribution in [3.05, 3.63) is 46.0 Å². The number of nitrogens with one attached hydrogen (secondary N) is 2. The quantitative estimate of drug-likeness (QED) is 0.826. The molecule has 2 fully saturated rings. The Kier molecular flexibility index (Phi) is 4.60. The van der Waals surface area contributed by atoms with Crippen LogP contribution in [0.3, 0.4) is 0 Å². The van der Waals surface area contributed by atoms with Crippen LogP contribution in [0.2, 0.25) is 0 Å². The Hall–Kier alpha value is -1.92. The third-order valence-electron chi connectivity index (χ3n) is 4.92. The Morgan fingerprint density at radius 1 is 1.17 bits per heavy atom. The topological polar surface area (TPSA) is 65.2 Å². The van der Waals surface area contributed by atoms with Crippen molar-refractivity contribution in [2.24, 2.45) is 0 Å². The van der Waals surface area contributed by atoms with Crippen LogP contribution < -0.4 is 10.9 Å². The normalized spacial score (nSPS) is 23.0. The molecule has 128 valence electrons. The minimum Gasteiger partial charge on any atom is -0.331 e. The van der Waals surface area contributed by atoms with Gasteiger partial charge in [0.15, 0.2) is 0 Å². The van der Waals surface area contributed by atoms with Gasteiger partial charge >= 0.3 is 0 Å². The number of hydrogen-bond donors (Lipinski definition) is 2. The summed E-state index contributed by atoms with van der Waals surface area (Å²) in [5.41, 5.74) is 0.343. The van der Waals surface area contributed by atoms with Gasteiger partial charge in [-0.15, -0.1) is 12.4 Å². The zero-order valence-corrected chi connectivity index (χ0v) is 13.9. The molecule has 4 rings (SSSR count). The number of aromatic nitrogens is 1. The predicted octanol–water partition coefficient (Wildman–Crippen LogP) is 2.06. The lowest BCUT2D eigenvalue weighted by atomic mass is 10.1. The molecule has 2 saturated heterocycles. The summed E-state index contributed by atoms with van der Waals surface area (Å²) in [5.74, 6) is -0.555. The van der Waals surface area contributed by atoms with Crippen LogP contribution in [0.15, 0.2) is 29.1 Å². The third-order valence-corrected chi connectivity index (χ3v) is 4.92. The molecule has 2 aromatic rings. The lowest BCUT2D eigenvalue weighted by Gasteiger charge is -2.28. The number of carbonyl (C=O) groups excluding carboxylic acids is 1. The highest BCUT2D eigenvalue weighted by molar-refractivity contribution is 6.06. The molecule has 2 N–H and O–H groups in total. The van der Waals surface area contributed by atoms with Gasteiger partial charge in [-0.3, -0.25) is 9.59 Å². The van der Waals surface area contributed by atoms with Gasteiger partial charge in [0.1, 0.15) is 5.82 Å². The molecule has 0 aliphatic carbocycles. The van der Waals surface area contributed by atoms with E-state index in [9.17, 15) is 14.0 Å². The minimum atomic E-state index is -0.434. The fraction of sp³-hybridized carbons (Fsp3) is 0.412. The van der Waals surface area contributed by atoms with Gasteiger partial charge < -0.3 is 15.2 Å². The molecule has 1 amide bonds. The number of halogens is 2. The van der Waals surface area contributed by atoms with Crippen molar-refractivity contribution in [1.82, 2.24) is 15.2 Å². The second-order valence-corrected chi connectivity index (χ2v) is 6.33. The van der Waals surface area contributed by atoms with Crippen LogP contribution in [0.4, 0.5) is 4.39 Å². The number of benzene rings is 1. The summed E-state index contributed by atoms with van der Waals surface area (Å²) >= 11 is 0. The predicted molar refractivity (Wildman–Crippen MR) is 92.2 cm³/mol. The lowest BCUT2D eigenvalue weighted by molar-refractivity contribution is 0.0682. The number of rotatable bonds is 1. The molecule has 2 aliphatic heterocycles. The summed E-state index contributed by atoms with van der Waals surface area (Å²) < 4.78 is 13.4. The minimum absolute atomic E-state index is 0. The van der Waals surface area contributed by atoms with Gasteiger partial charge in [-0.1, -0.05) is 0 Å². The van der Waals surface area contributed by atoms with E-state index in [1.165, 1.54) is 18.2 Å². The van der Waals surface area contributed by atoms with Crippen molar-refractivity contribution in [3.63, 3.8) is 0 Å². The SMILES string of the molecule is Cl.O=C(c1cc(=O)[nH]c2cc(F)ccc12)N1C2CCNCC1CC2. The van der Waals surface area contributed by atoms with E-state index in [1.54, 1.807) is 6.07 Å². The van der Waals surface area contributed by atoms with Crippen molar-refractivity contribution < 1.29 is 9.18 Å². The molecule has 0 saturated carbocycles. The highest BCUT2D eigenvalue weighted by atomic mass is 35.5. The molecule has 2 unspecified atom stereocenters. The first-order valence-electron chi connectivity index (χ1n) is 7.99. The number of nitrogens with zero attached hydrogens (tertiary/aromatic N) is 1. The number of carbonyl (C=O) groups is 1. The van der Waals surface area contributed by atoms with Crippen molar-refractivity contribution in [1.29, 1.82) is 0 Å². The van der Waals surface area contributed by atoms with Gasteiger partial charge in [0, 0.05) is 30.1 Å². The van der Waals surface area contributed by atoms with Crippen molar-refractivity contribution in [2.75, 3.05) is 13.1 Å². The first-order valence-corrected chi connectivity index (χ1v) is 7.99. The summed E-state index contributed by atoms with van der Waals surface area (Å²) in [6.45, 7) is 1.70. The number of aromatic amines is 1. The average molecular weight is 352 g/mol. The van der Waals surface area contributed by atoms with Crippen LogP contribution in [0.5, 0.6) is 0 Å². The average Bonchev–Trinajstić information content (AvgIpc) is 2.78. The van der Waals surface area contributed by atoms with Crippen molar-refractivity contribution in [2.45, 2.75) is 31.3 Å². The molecule has 0 spiro atoms. The largest absolute Gasteiger partial charge is 0.331 e. The molecule has 2 atom stereocenters. The molecule has 1 aromatic heterocycles. The maximum atomic E-state index is 13.4. The Bertz CT molecular complexity index is 824. The molecule has 24 heavy (non-hydrogen) atoms. The Morgan fingerprint density at radius 2 is 1.96 bits per heavy atom. The summed E-state index contributed by atoms with van der Waals surface area (Å²) in [5, 5.41) is 3.95. The number of hydrogen-bond acceptors (Lipinski definition) is 3. The van der Waals surface area contributed by atoms with E-state index in [1.807, 2.05) is 4.90 Å². The van der Waals surface area contributed by atoms with E-state index in [4.69, 9.17) is 0 Å². The van der Waals surface area contributed by atoms with Crippen LogP contribution in [-0.2, 0) is 0 Å². The molecule has 1 aromatic carbocycles. The fourth-order valence-electron chi connectivity index (χ4n) is 3.86. The van der Waals surface area contributed by atoms with Gasteiger partial charge in [0.25, 0.3) is 5.91 Å². The molecular formula is C17H19ClFN3O2. The van der Waals surface area contributed by atoms with Crippen molar-refractivity contribution in [3.8, 4) is 0 Å². The molecule has 7 heteroatoms. The number of H-pyrrole nitrogens is 1. The van der Waals surface area contributed by atoms with Crippen LogP contribution in [-0.4, -0.2) is 41.0 Å². The lowest BCUT2D eigenvalue weighted by Crippen LogP contribution is -2.42. The molecule has 0 radical (unpaired) electrons. The molecule has 2 bridgehead atoms. The number of fused-ring (bicyclic) bond motifs is 3. The second-order valence-electron chi connectivity index (χ2n) is 6.33. The maximum Gasteiger partial charge on any atom is 0.255 e. The Labute approximate surface area is 144 Å². The van der Waals surface area contributed by atoms with Gasteiger partial charge in [0.2, 0.25) is 5.56 Å². The smallest absolute Gasteiger partial charge is 0.255 e. The first-order chi connectivity index (χ1) is 11.1. The standard InChI is InChI=1S/C17H18FN3O2.ClH/c18-10-1-4-13-14(8-16(22)20-15(13)7-10)17(23)21-11-2-3-12(21)9-19-6-5-11;/h1,4,7-8,11-12,19H,2-3,5-6,9H2,(H,20,22);1H. The second kappa shape index (κ2) is 6.53. The molecule has 5 nitrogen and oxygen atoms in total. The molecule has 2 aliphatic rings. The van der Waals surface area contributed by atoms with Crippen LogP contribution in [0, 0.1) is 5.82 Å². The van der Waals surface area contributed by atoms with E-state index in [0.29, 0.717) is 16.5 Å². The van der Waals surface area contributed by atoms with Crippen LogP contribution >= 0.6 is 12.4 Å². The molecule has 3 heterocycles. The van der Waals surface area contributed by atoms with E-state index >= 15 is 0 Å². The van der Waals surface area contributed by atoms with Gasteiger partial charge in [0.05, 0.1) is 11.1 Å². The van der Waals surface area contributed by atoms with Crippen molar-refractivity contribution >= 4 is 29.2 Å². The zero-order chi connectivity index (χ0) is 16.0. The monoisotopic (exact) mass is 351 g/mol. The van der Waals surface area contributed by atoms with E-state index < -0.39 is 5.82 Å².